The fourth-order valence-electron chi connectivity index (χ4n) is 3.31. The van der Waals surface area contributed by atoms with Crippen LogP contribution in [-0.4, -0.2) is 35.4 Å². The van der Waals surface area contributed by atoms with Crippen LogP contribution in [0.2, 0.25) is 0 Å². The second-order valence-corrected chi connectivity index (χ2v) is 8.92. The van der Waals surface area contributed by atoms with Gasteiger partial charge < -0.3 is 19.3 Å². The third-order valence-corrected chi connectivity index (χ3v) is 5.43. The van der Waals surface area contributed by atoms with Crippen molar-refractivity contribution in [3.05, 3.63) is 12.2 Å². The Hall–Kier alpha value is -0.230. The number of phosphoric ester groups is 1. The number of allylic oxidation sites excluding steroid dienone is 2. The van der Waals surface area contributed by atoms with Crippen molar-refractivity contribution in [1.82, 2.24) is 0 Å². The number of unbranched alkanes of at least 4 members (excludes halogenated alkanes) is 11. The van der Waals surface area contributed by atoms with Gasteiger partial charge in [-0.1, -0.05) is 70.4 Å². The maximum absolute atomic E-state index is 10.7. The summed E-state index contributed by atoms with van der Waals surface area (Å²) in [6.45, 7) is 2.45. The van der Waals surface area contributed by atoms with Crippen LogP contribution in [0, 0.1) is 0 Å². The highest BCUT2D eigenvalue weighted by molar-refractivity contribution is 7.46. The first-order valence-electron chi connectivity index (χ1n) is 11.1. The van der Waals surface area contributed by atoms with Gasteiger partial charge in [-0.3, -0.25) is 4.52 Å². The third kappa shape index (κ3) is 15.7. The maximum atomic E-state index is 10.7. The average molecular weight is 421 g/mol. The Balaban J connectivity index is 1.83. The molecule has 1 aliphatic heterocycles. The summed E-state index contributed by atoms with van der Waals surface area (Å²) in [6.07, 6.45) is 21.4. The van der Waals surface area contributed by atoms with Gasteiger partial charge in [0, 0.05) is 0 Å². The molecule has 0 aromatic carbocycles. The second kappa shape index (κ2) is 16.6. The quantitative estimate of drug-likeness (QED) is 0.164. The van der Waals surface area contributed by atoms with Crippen molar-refractivity contribution < 1.29 is 28.3 Å². The van der Waals surface area contributed by atoms with E-state index in [1.807, 2.05) is 0 Å². The molecule has 1 fully saturated rings. The molecule has 0 saturated carbocycles. The molecular formula is C21H41O6P. The minimum Gasteiger partial charge on any atom is -0.350 e. The second-order valence-electron chi connectivity index (χ2n) is 7.68. The van der Waals surface area contributed by atoms with E-state index in [2.05, 4.69) is 23.6 Å². The maximum Gasteiger partial charge on any atom is 0.469 e. The Morgan fingerprint density at radius 3 is 2.11 bits per heavy atom. The molecule has 166 valence electrons. The highest BCUT2D eigenvalue weighted by Gasteiger charge is 2.28. The minimum absolute atomic E-state index is 0.132. The van der Waals surface area contributed by atoms with Crippen LogP contribution in [0.3, 0.4) is 0 Å². The summed E-state index contributed by atoms with van der Waals surface area (Å²) < 4.78 is 26.2. The van der Waals surface area contributed by atoms with Gasteiger partial charge in [0.15, 0.2) is 6.29 Å². The average Bonchev–Trinajstić information content (AvgIpc) is 3.10. The number of hydrogen-bond acceptors (Lipinski definition) is 4. The van der Waals surface area contributed by atoms with E-state index >= 15 is 0 Å². The van der Waals surface area contributed by atoms with Gasteiger partial charge in [0.25, 0.3) is 0 Å². The largest absolute Gasteiger partial charge is 0.469 e. The van der Waals surface area contributed by atoms with Crippen molar-refractivity contribution in [2.45, 2.75) is 109 Å². The molecule has 0 aromatic rings. The van der Waals surface area contributed by atoms with Crippen molar-refractivity contribution in [3.8, 4) is 0 Å². The van der Waals surface area contributed by atoms with Gasteiger partial charge in [0.05, 0.1) is 13.2 Å². The summed E-state index contributed by atoms with van der Waals surface area (Å²) in [5, 5.41) is 0. The van der Waals surface area contributed by atoms with E-state index < -0.39 is 7.82 Å². The van der Waals surface area contributed by atoms with Crippen molar-refractivity contribution in [2.24, 2.45) is 0 Å². The van der Waals surface area contributed by atoms with Crippen LogP contribution in [0.25, 0.3) is 0 Å². The molecule has 0 amide bonds. The van der Waals surface area contributed by atoms with Gasteiger partial charge >= 0.3 is 7.82 Å². The Morgan fingerprint density at radius 1 is 0.929 bits per heavy atom. The Kier molecular flexibility index (Phi) is 15.3. The van der Waals surface area contributed by atoms with Gasteiger partial charge in [-0.15, -0.1) is 0 Å². The number of hydrogen-bond donors (Lipinski definition) is 2. The van der Waals surface area contributed by atoms with Crippen LogP contribution in [0.1, 0.15) is 96.8 Å². The lowest BCUT2D eigenvalue weighted by molar-refractivity contribution is -0.0698. The normalized spacial score (nSPS) is 20.4. The summed E-state index contributed by atoms with van der Waals surface area (Å²) in [5.74, 6) is 0. The molecule has 0 radical (unpaired) electrons. The molecule has 7 heteroatoms. The molecule has 2 N–H and O–H groups in total. The summed E-state index contributed by atoms with van der Waals surface area (Å²) in [6, 6.07) is 0. The van der Waals surface area contributed by atoms with Gasteiger partial charge in [-0.25, -0.2) is 4.57 Å². The molecule has 0 spiro atoms. The molecule has 0 aliphatic carbocycles. The van der Waals surface area contributed by atoms with Gasteiger partial charge in [0.1, 0.15) is 6.10 Å². The van der Waals surface area contributed by atoms with Crippen LogP contribution in [-0.2, 0) is 18.6 Å². The first kappa shape index (κ1) is 25.8. The zero-order valence-electron chi connectivity index (χ0n) is 17.6. The highest BCUT2D eigenvalue weighted by atomic mass is 31.2. The summed E-state index contributed by atoms with van der Waals surface area (Å²) in [4.78, 5) is 17.4. The van der Waals surface area contributed by atoms with Crippen LogP contribution in [0.4, 0.5) is 0 Å². The molecule has 1 aliphatic rings. The molecule has 2 unspecified atom stereocenters. The first-order chi connectivity index (χ1) is 13.5. The molecule has 0 bridgehead atoms. The monoisotopic (exact) mass is 420 g/mol. The summed E-state index contributed by atoms with van der Waals surface area (Å²) in [5.41, 5.74) is 0. The number of rotatable bonds is 18. The molecule has 28 heavy (non-hydrogen) atoms. The highest BCUT2D eigenvalue weighted by Crippen LogP contribution is 2.36. The Morgan fingerprint density at radius 2 is 1.50 bits per heavy atom. The van der Waals surface area contributed by atoms with Crippen LogP contribution in [0.5, 0.6) is 0 Å². The smallest absolute Gasteiger partial charge is 0.350 e. The molecule has 0 aromatic heterocycles. The molecule has 6 nitrogen and oxygen atoms in total. The predicted octanol–water partition coefficient (Wildman–Crippen LogP) is 5.87. The van der Waals surface area contributed by atoms with Gasteiger partial charge in [-0.2, -0.15) is 0 Å². The molecule has 2 atom stereocenters. The predicted molar refractivity (Wildman–Crippen MR) is 112 cm³/mol. The topological polar surface area (TPSA) is 85.2 Å². The van der Waals surface area contributed by atoms with Crippen molar-refractivity contribution in [3.63, 3.8) is 0 Å². The van der Waals surface area contributed by atoms with Gasteiger partial charge in [0.2, 0.25) is 0 Å². The number of phosphoric acid groups is 1. The van der Waals surface area contributed by atoms with Crippen molar-refractivity contribution in [1.29, 1.82) is 0 Å². The van der Waals surface area contributed by atoms with Crippen molar-refractivity contribution >= 4 is 7.82 Å². The summed E-state index contributed by atoms with van der Waals surface area (Å²) in [7, 11) is -4.43. The van der Waals surface area contributed by atoms with E-state index in [4.69, 9.17) is 19.3 Å². The lowest BCUT2D eigenvalue weighted by Gasteiger charge is -2.12. The Bertz CT molecular complexity index is 437. The van der Waals surface area contributed by atoms with Crippen LogP contribution in [0.15, 0.2) is 12.2 Å². The molecule has 1 saturated heterocycles. The number of ether oxygens (including phenoxy) is 2. The molecule has 1 heterocycles. The van der Waals surface area contributed by atoms with E-state index in [-0.39, 0.29) is 19.0 Å². The van der Waals surface area contributed by atoms with E-state index in [0.717, 1.165) is 19.3 Å². The SMILES string of the molecule is CCCCCCCC/C=C\CCCCCCCC1OCC(COP(=O)(O)O)O1. The lowest BCUT2D eigenvalue weighted by atomic mass is 10.1. The third-order valence-electron chi connectivity index (χ3n) is 4.94. The zero-order chi connectivity index (χ0) is 20.5. The fraction of sp³-hybridized carbons (Fsp3) is 0.905. The standard InChI is InChI=1S/C21H41O6P/c1-2-3-4-5-6-7-8-9-10-11-12-13-14-15-16-17-21-25-18-20(27-21)19-26-28(22,23)24/h9-10,20-21H,2-8,11-19H2,1H3,(H2,22,23,24)/b10-9-. The summed E-state index contributed by atoms with van der Waals surface area (Å²) >= 11 is 0. The van der Waals surface area contributed by atoms with E-state index in [0.29, 0.717) is 6.61 Å². The fourth-order valence-corrected chi connectivity index (χ4v) is 3.67. The molecule has 1 rings (SSSR count). The van der Waals surface area contributed by atoms with Crippen molar-refractivity contribution in [2.75, 3.05) is 13.2 Å². The van der Waals surface area contributed by atoms with E-state index in [1.165, 1.54) is 70.6 Å². The zero-order valence-corrected chi connectivity index (χ0v) is 18.5. The lowest BCUT2D eigenvalue weighted by Crippen LogP contribution is -2.18. The molecular weight excluding hydrogens is 379 g/mol. The van der Waals surface area contributed by atoms with E-state index in [1.54, 1.807) is 0 Å². The van der Waals surface area contributed by atoms with E-state index in [9.17, 15) is 4.57 Å². The van der Waals surface area contributed by atoms with Crippen LogP contribution >= 0.6 is 7.82 Å². The van der Waals surface area contributed by atoms with Gasteiger partial charge in [-0.05, 0) is 38.5 Å². The van der Waals surface area contributed by atoms with Crippen LogP contribution < -0.4 is 0 Å². The minimum atomic E-state index is -4.43. The first-order valence-corrected chi connectivity index (χ1v) is 12.7. The Labute approximate surface area is 171 Å².